The highest BCUT2D eigenvalue weighted by atomic mass is 15.2. The van der Waals surface area contributed by atoms with Gasteiger partial charge >= 0.3 is 0 Å². The van der Waals surface area contributed by atoms with E-state index in [1.807, 2.05) is 35.1 Å². The highest BCUT2D eigenvalue weighted by Gasteiger charge is 2.21. The van der Waals surface area contributed by atoms with Crippen molar-refractivity contribution >= 4 is 16.7 Å². The van der Waals surface area contributed by atoms with E-state index in [0.29, 0.717) is 6.04 Å². The molecule has 0 amide bonds. The molecule has 6 heteroatoms. The molecule has 1 saturated heterocycles. The zero-order valence-electron chi connectivity index (χ0n) is 14.2. The molecule has 1 atom stereocenters. The van der Waals surface area contributed by atoms with Crippen LogP contribution in [0.2, 0.25) is 0 Å². The van der Waals surface area contributed by atoms with Gasteiger partial charge in [-0.1, -0.05) is 6.07 Å². The second kappa shape index (κ2) is 5.67. The molecule has 0 spiro atoms. The number of fused-ring (bicyclic) bond motifs is 2. The normalized spacial score (nSPS) is 18.2. The Kier molecular flexibility index (Phi) is 3.31. The molecule has 25 heavy (non-hydrogen) atoms. The number of nitrogens with zero attached hydrogens (tertiary/aromatic N) is 5. The minimum absolute atomic E-state index is 0.422. The lowest BCUT2D eigenvalue weighted by Crippen LogP contribution is -2.32. The molecule has 0 unspecified atom stereocenters. The average molecular weight is 332 g/mol. The van der Waals surface area contributed by atoms with Crippen molar-refractivity contribution in [2.45, 2.75) is 25.8 Å². The number of hydrogen-bond acceptors (Lipinski definition) is 4. The minimum atomic E-state index is 0.422. The SMILES string of the molecule is Cc1nc2ccc(-c3cnn4ccccc34)nc2n1[C@H]1CCCNC1. The van der Waals surface area contributed by atoms with Crippen LogP contribution < -0.4 is 5.32 Å². The number of rotatable bonds is 2. The van der Waals surface area contributed by atoms with E-state index in [1.165, 1.54) is 12.8 Å². The Hall–Kier alpha value is -2.73. The van der Waals surface area contributed by atoms with E-state index in [2.05, 4.69) is 34.0 Å². The fourth-order valence-electron chi connectivity index (χ4n) is 3.86. The van der Waals surface area contributed by atoms with Crippen LogP contribution in [0.25, 0.3) is 27.9 Å². The summed E-state index contributed by atoms with van der Waals surface area (Å²) >= 11 is 0. The second-order valence-corrected chi connectivity index (χ2v) is 6.66. The van der Waals surface area contributed by atoms with E-state index in [9.17, 15) is 0 Å². The summed E-state index contributed by atoms with van der Waals surface area (Å²) in [5.74, 6) is 1.04. The van der Waals surface area contributed by atoms with Crippen molar-refractivity contribution < 1.29 is 0 Å². The molecule has 5 heterocycles. The van der Waals surface area contributed by atoms with Crippen LogP contribution in [0.4, 0.5) is 0 Å². The monoisotopic (exact) mass is 332 g/mol. The third kappa shape index (κ3) is 2.33. The molecule has 0 aromatic carbocycles. The molecule has 0 radical (unpaired) electrons. The first-order valence-corrected chi connectivity index (χ1v) is 8.80. The quantitative estimate of drug-likeness (QED) is 0.613. The number of piperidine rings is 1. The van der Waals surface area contributed by atoms with Gasteiger partial charge in [0.2, 0.25) is 0 Å². The Morgan fingerprint density at radius 3 is 3.00 bits per heavy atom. The number of imidazole rings is 1. The molecule has 0 bridgehead atoms. The zero-order chi connectivity index (χ0) is 16.8. The molecule has 0 aliphatic carbocycles. The lowest BCUT2D eigenvalue weighted by molar-refractivity contribution is 0.372. The molecule has 1 fully saturated rings. The van der Waals surface area contributed by atoms with Crippen LogP contribution in [-0.2, 0) is 0 Å². The van der Waals surface area contributed by atoms with Crippen molar-refractivity contribution in [3.63, 3.8) is 0 Å². The molecule has 126 valence electrons. The summed E-state index contributed by atoms with van der Waals surface area (Å²) in [5.41, 5.74) is 4.99. The summed E-state index contributed by atoms with van der Waals surface area (Å²) in [6, 6.07) is 10.6. The highest BCUT2D eigenvalue weighted by Crippen LogP contribution is 2.28. The van der Waals surface area contributed by atoms with Gasteiger partial charge in [0.1, 0.15) is 11.3 Å². The third-order valence-electron chi connectivity index (χ3n) is 5.05. The number of aryl methyl sites for hydroxylation is 1. The van der Waals surface area contributed by atoms with E-state index in [0.717, 1.165) is 46.9 Å². The van der Waals surface area contributed by atoms with Crippen molar-refractivity contribution in [1.82, 2.24) is 29.5 Å². The summed E-state index contributed by atoms with van der Waals surface area (Å²) in [7, 11) is 0. The first kappa shape index (κ1) is 14.6. The fourth-order valence-corrected chi connectivity index (χ4v) is 3.86. The van der Waals surface area contributed by atoms with Gasteiger partial charge in [0.05, 0.1) is 17.4 Å². The van der Waals surface area contributed by atoms with Gasteiger partial charge in [-0.25, -0.2) is 14.5 Å². The maximum atomic E-state index is 4.98. The number of nitrogens with one attached hydrogen (secondary N) is 1. The lowest BCUT2D eigenvalue weighted by atomic mass is 10.1. The molecule has 6 nitrogen and oxygen atoms in total. The van der Waals surface area contributed by atoms with Crippen LogP contribution in [0.3, 0.4) is 0 Å². The Morgan fingerprint density at radius 2 is 2.12 bits per heavy atom. The van der Waals surface area contributed by atoms with E-state index >= 15 is 0 Å². The predicted molar refractivity (Wildman–Crippen MR) is 97.6 cm³/mol. The van der Waals surface area contributed by atoms with Crippen molar-refractivity contribution in [3.8, 4) is 11.3 Å². The van der Waals surface area contributed by atoms with Gasteiger partial charge in [-0.15, -0.1) is 0 Å². The van der Waals surface area contributed by atoms with Crippen LogP contribution in [0, 0.1) is 6.92 Å². The van der Waals surface area contributed by atoms with Crippen LogP contribution in [0.1, 0.15) is 24.7 Å². The van der Waals surface area contributed by atoms with Gasteiger partial charge in [0.15, 0.2) is 5.65 Å². The number of aromatic nitrogens is 5. The van der Waals surface area contributed by atoms with Gasteiger partial charge in [0, 0.05) is 24.3 Å². The van der Waals surface area contributed by atoms with E-state index in [-0.39, 0.29) is 0 Å². The molecule has 0 saturated carbocycles. The highest BCUT2D eigenvalue weighted by molar-refractivity contribution is 5.82. The van der Waals surface area contributed by atoms with Crippen LogP contribution in [-0.4, -0.2) is 37.2 Å². The van der Waals surface area contributed by atoms with E-state index in [4.69, 9.17) is 9.97 Å². The molecule has 1 N–H and O–H groups in total. The number of pyridine rings is 2. The Bertz CT molecular complexity index is 1050. The molecule has 1 aliphatic heterocycles. The van der Waals surface area contributed by atoms with Gasteiger partial charge in [0.25, 0.3) is 0 Å². The van der Waals surface area contributed by atoms with Gasteiger partial charge in [-0.2, -0.15) is 5.10 Å². The van der Waals surface area contributed by atoms with E-state index < -0.39 is 0 Å². The van der Waals surface area contributed by atoms with Crippen LogP contribution in [0.15, 0.2) is 42.7 Å². The molecule has 4 aromatic rings. The van der Waals surface area contributed by atoms with Crippen molar-refractivity contribution in [2.24, 2.45) is 0 Å². The standard InChI is InChI=1S/C19H20N6/c1-13-22-17-8-7-16(15-12-21-24-10-3-2-6-18(15)24)23-19(17)25(13)14-5-4-9-20-11-14/h2-3,6-8,10,12,14,20H,4-5,9,11H2,1H3/t14-/m0/s1. The number of hydrogen-bond donors (Lipinski definition) is 1. The molecule has 1 aliphatic rings. The summed E-state index contributed by atoms with van der Waals surface area (Å²) < 4.78 is 4.19. The summed E-state index contributed by atoms with van der Waals surface area (Å²) in [5, 5.41) is 7.93. The van der Waals surface area contributed by atoms with Crippen molar-refractivity contribution in [3.05, 3.63) is 48.5 Å². The topological polar surface area (TPSA) is 60.0 Å². The molecule has 5 rings (SSSR count). The van der Waals surface area contributed by atoms with Crippen LogP contribution in [0.5, 0.6) is 0 Å². The largest absolute Gasteiger partial charge is 0.315 e. The summed E-state index contributed by atoms with van der Waals surface area (Å²) in [4.78, 5) is 9.71. The maximum absolute atomic E-state index is 4.98. The van der Waals surface area contributed by atoms with Gasteiger partial charge < -0.3 is 9.88 Å². The van der Waals surface area contributed by atoms with Crippen LogP contribution >= 0.6 is 0 Å². The summed E-state index contributed by atoms with van der Waals surface area (Å²) in [6.07, 6.45) is 6.21. The van der Waals surface area contributed by atoms with Gasteiger partial charge in [-0.3, -0.25) is 0 Å². The molecular formula is C19H20N6. The first-order chi connectivity index (χ1) is 12.3. The van der Waals surface area contributed by atoms with Gasteiger partial charge in [-0.05, 0) is 50.6 Å². The van der Waals surface area contributed by atoms with Crippen molar-refractivity contribution in [1.29, 1.82) is 0 Å². The Balaban J connectivity index is 1.68. The molecular weight excluding hydrogens is 312 g/mol. The summed E-state index contributed by atoms with van der Waals surface area (Å²) in [6.45, 7) is 4.16. The second-order valence-electron chi connectivity index (χ2n) is 6.66. The maximum Gasteiger partial charge on any atom is 0.160 e. The lowest BCUT2D eigenvalue weighted by Gasteiger charge is -2.25. The van der Waals surface area contributed by atoms with E-state index in [1.54, 1.807) is 0 Å². The smallest absolute Gasteiger partial charge is 0.160 e. The fraction of sp³-hybridized carbons (Fsp3) is 0.316. The average Bonchev–Trinajstić information content (AvgIpc) is 3.22. The minimum Gasteiger partial charge on any atom is -0.315 e. The predicted octanol–water partition coefficient (Wildman–Crippen LogP) is 2.98. The Labute approximate surface area is 145 Å². The Morgan fingerprint density at radius 1 is 1.16 bits per heavy atom. The zero-order valence-corrected chi connectivity index (χ0v) is 14.2. The molecule has 4 aromatic heterocycles. The first-order valence-electron chi connectivity index (χ1n) is 8.80. The van der Waals surface area contributed by atoms with Crippen molar-refractivity contribution in [2.75, 3.05) is 13.1 Å². The third-order valence-corrected chi connectivity index (χ3v) is 5.05.